The Bertz CT molecular complexity index is 500. The fourth-order valence-electron chi connectivity index (χ4n) is 1.21. The summed E-state index contributed by atoms with van der Waals surface area (Å²) in [6.45, 7) is 0. The third-order valence-electron chi connectivity index (χ3n) is 1.94. The molecular weight excluding hydrogens is 206 g/mol. The number of nitrogens with one attached hydrogen (secondary N) is 1. The van der Waals surface area contributed by atoms with Crippen molar-refractivity contribution >= 4 is 11.7 Å². The van der Waals surface area contributed by atoms with E-state index in [0.29, 0.717) is 16.1 Å². The van der Waals surface area contributed by atoms with Crippen LogP contribution in [0.4, 0.5) is 5.82 Å². The first-order valence-electron chi connectivity index (χ1n) is 4.67. The lowest BCUT2D eigenvalue weighted by molar-refractivity contribution is -0.605. The molecule has 0 fully saturated rings. The molecule has 80 valence electrons. The van der Waals surface area contributed by atoms with E-state index in [1.807, 2.05) is 0 Å². The number of aromatic nitrogens is 2. The molecule has 0 atom stereocenters. The van der Waals surface area contributed by atoms with Gasteiger partial charge in [0, 0.05) is 12.3 Å². The van der Waals surface area contributed by atoms with Gasteiger partial charge in [0.15, 0.2) is 12.4 Å². The number of carbonyl (C=O) groups excluding carboxylic acids is 1. The van der Waals surface area contributed by atoms with E-state index in [1.165, 1.54) is 18.5 Å². The van der Waals surface area contributed by atoms with E-state index in [1.54, 1.807) is 30.5 Å². The number of amides is 1. The van der Waals surface area contributed by atoms with Crippen molar-refractivity contribution in [2.24, 2.45) is 0 Å². The van der Waals surface area contributed by atoms with Gasteiger partial charge in [0.05, 0.1) is 0 Å². The van der Waals surface area contributed by atoms with Gasteiger partial charge in [0.25, 0.3) is 5.91 Å². The first-order valence-corrected chi connectivity index (χ1v) is 4.67. The van der Waals surface area contributed by atoms with Gasteiger partial charge in [-0.3, -0.25) is 4.79 Å². The van der Waals surface area contributed by atoms with Gasteiger partial charge >= 0.3 is 0 Å². The molecule has 2 aromatic heterocycles. The minimum absolute atomic E-state index is 0.295. The van der Waals surface area contributed by atoms with Crippen molar-refractivity contribution in [3.05, 3.63) is 59.7 Å². The van der Waals surface area contributed by atoms with Crippen LogP contribution in [0.15, 0.2) is 48.9 Å². The Kier molecular flexibility index (Phi) is 2.77. The van der Waals surface area contributed by atoms with Crippen molar-refractivity contribution < 1.29 is 9.52 Å². The molecule has 2 rings (SSSR count). The van der Waals surface area contributed by atoms with Crippen LogP contribution in [-0.4, -0.2) is 10.9 Å². The molecule has 0 aromatic carbocycles. The molecule has 0 radical (unpaired) electrons. The second-order valence-electron chi connectivity index (χ2n) is 3.12. The summed E-state index contributed by atoms with van der Waals surface area (Å²) in [4.78, 5) is 15.6. The van der Waals surface area contributed by atoms with Crippen LogP contribution < -0.4 is 10.0 Å². The summed E-state index contributed by atoms with van der Waals surface area (Å²) in [6.07, 6.45) is 4.10. The van der Waals surface area contributed by atoms with Gasteiger partial charge in [0.2, 0.25) is 0 Å². The van der Waals surface area contributed by atoms with Crippen molar-refractivity contribution in [3.63, 3.8) is 0 Å². The molecule has 1 N–H and O–H groups in total. The van der Waals surface area contributed by atoms with Crippen molar-refractivity contribution in [3.8, 4) is 0 Å². The number of carbonyl (C=O) groups is 1. The van der Waals surface area contributed by atoms with Gasteiger partial charge < -0.3 is 10.5 Å². The maximum Gasteiger partial charge on any atom is 0.262 e. The quantitative estimate of drug-likeness (QED) is 0.599. The molecule has 5 heteroatoms. The van der Waals surface area contributed by atoms with E-state index in [9.17, 15) is 10.0 Å². The van der Waals surface area contributed by atoms with Gasteiger partial charge in [-0.1, -0.05) is 6.07 Å². The van der Waals surface area contributed by atoms with E-state index in [0.717, 1.165) is 0 Å². The topological polar surface area (TPSA) is 68.9 Å². The zero-order chi connectivity index (χ0) is 11.4. The van der Waals surface area contributed by atoms with Crippen molar-refractivity contribution in [1.82, 2.24) is 4.98 Å². The van der Waals surface area contributed by atoms with Crippen LogP contribution >= 0.6 is 0 Å². The van der Waals surface area contributed by atoms with Gasteiger partial charge in [0.1, 0.15) is 11.4 Å². The molecule has 0 bridgehead atoms. The van der Waals surface area contributed by atoms with Crippen molar-refractivity contribution in [2.45, 2.75) is 0 Å². The van der Waals surface area contributed by atoms with Crippen LogP contribution in [-0.2, 0) is 0 Å². The summed E-state index contributed by atoms with van der Waals surface area (Å²) >= 11 is 0. The third kappa shape index (κ3) is 2.33. The Morgan fingerprint density at radius 2 is 2.19 bits per heavy atom. The first kappa shape index (κ1) is 10.1. The Hall–Kier alpha value is -2.43. The summed E-state index contributed by atoms with van der Waals surface area (Å²) in [5.74, 6) is 0.0951. The molecule has 5 nitrogen and oxygen atoms in total. The Labute approximate surface area is 92.0 Å². The van der Waals surface area contributed by atoms with E-state index >= 15 is 0 Å². The Morgan fingerprint density at radius 1 is 1.31 bits per heavy atom. The molecule has 1 amide bonds. The van der Waals surface area contributed by atoms with Crippen LogP contribution in [0.1, 0.15) is 10.4 Å². The van der Waals surface area contributed by atoms with Crippen LogP contribution in [0, 0.1) is 5.21 Å². The van der Waals surface area contributed by atoms with Crippen LogP contribution in [0.5, 0.6) is 0 Å². The highest BCUT2D eigenvalue weighted by molar-refractivity contribution is 6.03. The number of anilines is 1. The number of nitrogens with zero attached hydrogens (tertiary/aromatic N) is 2. The second-order valence-corrected chi connectivity index (χ2v) is 3.12. The maximum atomic E-state index is 11.7. The van der Waals surface area contributed by atoms with Gasteiger partial charge in [-0.25, -0.2) is 4.98 Å². The number of rotatable bonds is 2. The lowest BCUT2D eigenvalue weighted by Gasteiger charge is -2.03. The lowest BCUT2D eigenvalue weighted by atomic mass is 10.2. The smallest absolute Gasteiger partial charge is 0.262 e. The highest BCUT2D eigenvalue weighted by Crippen LogP contribution is 2.03. The molecular formula is C11H9N3O2. The number of hydrogen-bond donors (Lipinski definition) is 1. The van der Waals surface area contributed by atoms with Crippen molar-refractivity contribution in [2.75, 3.05) is 5.32 Å². The molecule has 2 heterocycles. The second kappa shape index (κ2) is 4.39. The molecule has 0 aliphatic carbocycles. The third-order valence-corrected chi connectivity index (χ3v) is 1.94. The monoisotopic (exact) mass is 215 g/mol. The fraction of sp³-hybridized carbons (Fsp3) is 0. The molecule has 0 aliphatic heterocycles. The van der Waals surface area contributed by atoms with Crippen LogP contribution in [0.2, 0.25) is 0 Å². The summed E-state index contributed by atoms with van der Waals surface area (Å²) in [5.41, 5.74) is 0.295. The highest BCUT2D eigenvalue weighted by Gasteiger charge is 2.08. The first-order chi connectivity index (χ1) is 7.75. The number of pyridine rings is 2. The van der Waals surface area contributed by atoms with Gasteiger partial charge in [-0.15, -0.1) is 0 Å². The molecule has 0 spiro atoms. The van der Waals surface area contributed by atoms with Crippen LogP contribution in [0.3, 0.4) is 0 Å². The molecule has 16 heavy (non-hydrogen) atoms. The molecule has 2 aromatic rings. The van der Waals surface area contributed by atoms with Gasteiger partial charge in [-0.05, 0) is 18.2 Å². The minimum atomic E-state index is -0.357. The minimum Gasteiger partial charge on any atom is -0.619 e. The predicted molar refractivity (Wildman–Crippen MR) is 57.6 cm³/mol. The zero-order valence-electron chi connectivity index (χ0n) is 8.33. The zero-order valence-corrected chi connectivity index (χ0v) is 8.33. The molecule has 0 saturated carbocycles. The molecule has 0 saturated heterocycles. The normalized spacial score (nSPS) is 9.75. The standard InChI is InChI=1S/C11H9N3O2/c15-11(9-4-3-7-14(16)8-9)13-10-5-1-2-6-12-10/h1-8H,(H,12,13,15). The van der Waals surface area contributed by atoms with E-state index in [-0.39, 0.29) is 5.91 Å². The molecule has 0 unspecified atom stereocenters. The predicted octanol–water partition coefficient (Wildman–Crippen LogP) is 0.967. The SMILES string of the molecule is O=C(Nc1ccccn1)c1ccc[n+]([O-])c1. The highest BCUT2D eigenvalue weighted by atomic mass is 16.5. The summed E-state index contributed by atoms with van der Waals surface area (Å²) in [5, 5.41) is 13.6. The average Bonchev–Trinajstić information content (AvgIpc) is 2.30. The summed E-state index contributed by atoms with van der Waals surface area (Å²) in [7, 11) is 0. The number of hydrogen-bond acceptors (Lipinski definition) is 3. The average molecular weight is 215 g/mol. The van der Waals surface area contributed by atoms with E-state index in [2.05, 4.69) is 10.3 Å². The summed E-state index contributed by atoms with van der Waals surface area (Å²) < 4.78 is 0.577. The largest absolute Gasteiger partial charge is 0.619 e. The fourth-order valence-corrected chi connectivity index (χ4v) is 1.21. The Balaban J connectivity index is 2.15. The summed E-state index contributed by atoms with van der Waals surface area (Å²) in [6, 6.07) is 8.27. The van der Waals surface area contributed by atoms with E-state index < -0.39 is 0 Å². The maximum absolute atomic E-state index is 11.7. The Morgan fingerprint density at radius 3 is 2.88 bits per heavy atom. The lowest BCUT2D eigenvalue weighted by Crippen LogP contribution is -2.27. The van der Waals surface area contributed by atoms with E-state index in [4.69, 9.17) is 0 Å². The van der Waals surface area contributed by atoms with Crippen LogP contribution in [0.25, 0.3) is 0 Å². The molecule has 0 aliphatic rings. The van der Waals surface area contributed by atoms with Crippen molar-refractivity contribution in [1.29, 1.82) is 0 Å². The van der Waals surface area contributed by atoms with Gasteiger partial charge in [-0.2, -0.15) is 4.73 Å².